The van der Waals surface area contributed by atoms with Crippen LogP contribution in [0.3, 0.4) is 0 Å². The Morgan fingerprint density at radius 1 is 1.21 bits per heavy atom. The van der Waals surface area contributed by atoms with Crippen LogP contribution < -0.4 is 11.4 Å². The number of aliphatic hydroxyl groups excluding tert-OH is 1. The monoisotopic (exact) mass is 467 g/mol. The Morgan fingerprint density at radius 2 is 1.86 bits per heavy atom. The SMILES string of the molecule is Nc1ccn([C@H]2C[C@@H](O)[C@@H](COP(=O)(O)OP(=O)(O)OP(=O)(O)O)O2)c(=O)n1. The van der Waals surface area contributed by atoms with Gasteiger partial charge in [-0.3, -0.25) is 9.09 Å². The number of hydrogen-bond acceptors (Lipinski definition) is 11. The van der Waals surface area contributed by atoms with E-state index in [1.54, 1.807) is 0 Å². The van der Waals surface area contributed by atoms with Gasteiger partial charge >= 0.3 is 29.2 Å². The Balaban J connectivity index is 1.98. The standard InChI is InChI=1S/C9H16N3O13P3/c10-7-1-2-12(9(14)11-7)8-3-5(13)6(23-8)4-22-27(18,19)25-28(20,21)24-26(15,16)17/h1-2,5-6,8,13H,3-4H2,(H,18,19)(H,20,21)(H2,10,11,14)(H2,15,16,17)/t5-,6-,8-/m1/s1. The van der Waals surface area contributed by atoms with Crippen LogP contribution in [0.2, 0.25) is 0 Å². The predicted molar refractivity (Wildman–Crippen MR) is 87.3 cm³/mol. The molecule has 1 saturated heterocycles. The number of phosphoric acid groups is 3. The van der Waals surface area contributed by atoms with Crippen molar-refractivity contribution in [1.82, 2.24) is 9.55 Å². The maximum atomic E-state index is 11.8. The fraction of sp³-hybridized carbons (Fsp3) is 0.556. The molecule has 0 aliphatic carbocycles. The summed E-state index contributed by atoms with van der Waals surface area (Å²) in [6, 6.07) is 1.30. The average Bonchev–Trinajstić information content (AvgIpc) is 2.82. The van der Waals surface area contributed by atoms with Crippen molar-refractivity contribution in [3.8, 4) is 0 Å². The summed E-state index contributed by atoms with van der Waals surface area (Å²) in [5.41, 5.74) is 4.58. The van der Waals surface area contributed by atoms with Gasteiger partial charge in [-0.1, -0.05) is 0 Å². The molecule has 1 fully saturated rings. The molecule has 0 amide bonds. The lowest BCUT2D eigenvalue weighted by Gasteiger charge is -2.19. The minimum Gasteiger partial charge on any atom is -0.390 e. The van der Waals surface area contributed by atoms with Crippen molar-refractivity contribution in [3.05, 3.63) is 22.7 Å². The third-order valence-electron chi connectivity index (χ3n) is 3.18. The number of aliphatic hydroxyl groups is 1. The molecule has 19 heteroatoms. The number of ether oxygens (including phenoxy) is 1. The Hall–Kier alpha value is -0.990. The first-order valence-electron chi connectivity index (χ1n) is 7.14. The summed E-state index contributed by atoms with van der Waals surface area (Å²) in [5, 5.41) is 9.94. The second kappa shape index (κ2) is 8.40. The molecule has 0 spiro atoms. The van der Waals surface area contributed by atoms with Crippen LogP contribution in [0.4, 0.5) is 5.82 Å². The number of rotatable bonds is 8. The molecule has 28 heavy (non-hydrogen) atoms. The van der Waals surface area contributed by atoms with E-state index in [9.17, 15) is 28.5 Å². The van der Waals surface area contributed by atoms with Crippen LogP contribution in [-0.4, -0.2) is 53.0 Å². The van der Waals surface area contributed by atoms with Gasteiger partial charge in [-0.2, -0.15) is 13.6 Å². The van der Waals surface area contributed by atoms with Crippen molar-refractivity contribution in [3.63, 3.8) is 0 Å². The Morgan fingerprint density at radius 3 is 2.43 bits per heavy atom. The molecular formula is C9H16N3O13P3. The molecule has 160 valence electrons. The van der Waals surface area contributed by atoms with Gasteiger partial charge in [-0.15, -0.1) is 0 Å². The van der Waals surface area contributed by atoms with E-state index >= 15 is 0 Å². The van der Waals surface area contributed by atoms with Crippen LogP contribution in [0.15, 0.2) is 17.1 Å². The summed E-state index contributed by atoms with van der Waals surface area (Å²) >= 11 is 0. The summed E-state index contributed by atoms with van der Waals surface area (Å²) in [6.07, 6.45) is -2.42. The second-order valence-corrected chi connectivity index (χ2v) is 9.78. The first kappa shape index (κ1) is 23.3. The van der Waals surface area contributed by atoms with Gasteiger partial charge < -0.3 is 35.2 Å². The van der Waals surface area contributed by atoms with Gasteiger partial charge in [0.25, 0.3) is 0 Å². The highest BCUT2D eigenvalue weighted by Crippen LogP contribution is 2.66. The largest absolute Gasteiger partial charge is 0.490 e. The number of nitrogens with zero attached hydrogens (tertiary/aromatic N) is 2. The van der Waals surface area contributed by atoms with Crippen LogP contribution in [0, 0.1) is 0 Å². The second-order valence-electron chi connectivity index (χ2n) is 5.36. The van der Waals surface area contributed by atoms with Crippen molar-refractivity contribution < 1.29 is 56.3 Å². The lowest BCUT2D eigenvalue weighted by Crippen LogP contribution is -2.28. The minimum atomic E-state index is -5.65. The van der Waals surface area contributed by atoms with Gasteiger partial charge in [-0.25, -0.2) is 18.5 Å². The highest BCUT2D eigenvalue weighted by molar-refractivity contribution is 7.66. The molecule has 2 unspecified atom stereocenters. The molecule has 7 N–H and O–H groups in total. The van der Waals surface area contributed by atoms with E-state index in [0.29, 0.717) is 0 Å². The first-order valence-corrected chi connectivity index (χ1v) is 11.7. The van der Waals surface area contributed by atoms with E-state index in [0.717, 1.165) is 4.57 Å². The molecule has 0 bridgehead atoms. The zero-order chi connectivity index (χ0) is 21.3. The lowest BCUT2D eigenvalue weighted by atomic mass is 10.2. The topological polar surface area (TPSA) is 250 Å². The number of anilines is 1. The highest BCUT2D eigenvalue weighted by Gasteiger charge is 2.42. The van der Waals surface area contributed by atoms with Gasteiger partial charge in [-0.05, 0) is 6.07 Å². The van der Waals surface area contributed by atoms with Gasteiger partial charge in [0.2, 0.25) is 0 Å². The third-order valence-corrected chi connectivity index (χ3v) is 6.99. The Labute approximate surface area is 155 Å². The molecule has 1 aliphatic rings. The van der Waals surface area contributed by atoms with Crippen molar-refractivity contribution in [2.24, 2.45) is 0 Å². The number of hydrogen-bond donors (Lipinski definition) is 6. The summed E-state index contributed by atoms with van der Waals surface area (Å²) in [6.45, 7) is -0.849. The van der Waals surface area contributed by atoms with Crippen molar-refractivity contribution in [1.29, 1.82) is 0 Å². The summed E-state index contributed by atoms with van der Waals surface area (Å²) in [4.78, 5) is 50.5. The predicted octanol–water partition coefficient (Wildman–Crippen LogP) is -1.18. The Bertz CT molecular complexity index is 914. The van der Waals surface area contributed by atoms with Crippen LogP contribution in [0.5, 0.6) is 0 Å². The average molecular weight is 467 g/mol. The third kappa shape index (κ3) is 6.81. The fourth-order valence-corrected chi connectivity index (χ4v) is 5.18. The minimum absolute atomic E-state index is 0.0380. The molecule has 2 heterocycles. The molecule has 0 aromatic carbocycles. The van der Waals surface area contributed by atoms with E-state index in [1.807, 2.05) is 0 Å². The van der Waals surface area contributed by atoms with E-state index < -0.39 is 54.2 Å². The van der Waals surface area contributed by atoms with Crippen molar-refractivity contribution >= 4 is 29.3 Å². The molecule has 5 atom stereocenters. The zero-order valence-corrected chi connectivity index (χ0v) is 16.3. The highest BCUT2D eigenvalue weighted by atomic mass is 31.3. The maximum absolute atomic E-state index is 11.8. The Kier molecular flexibility index (Phi) is 6.99. The molecule has 2 rings (SSSR count). The van der Waals surface area contributed by atoms with E-state index in [-0.39, 0.29) is 12.2 Å². The summed E-state index contributed by atoms with van der Waals surface area (Å²) in [7, 11) is -16.5. The first-order chi connectivity index (χ1) is 12.7. The van der Waals surface area contributed by atoms with Crippen LogP contribution >= 0.6 is 23.5 Å². The summed E-state index contributed by atoms with van der Waals surface area (Å²) in [5.74, 6) is -0.0380. The van der Waals surface area contributed by atoms with E-state index in [1.165, 1.54) is 12.3 Å². The maximum Gasteiger partial charge on any atom is 0.490 e. The van der Waals surface area contributed by atoms with Gasteiger partial charge in [0.05, 0.1) is 12.7 Å². The lowest BCUT2D eigenvalue weighted by molar-refractivity contribution is -0.0449. The molecule has 0 saturated carbocycles. The molecule has 16 nitrogen and oxygen atoms in total. The number of phosphoric ester groups is 1. The van der Waals surface area contributed by atoms with Crippen LogP contribution in [0.1, 0.15) is 12.6 Å². The van der Waals surface area contributed by atoms with Crippen molar-refractivity contribution in [2.75, 3.05) is 12.3 Å². The normalized spacial score (nSPS) is 27.2. The molecular weight excluding hydrogens is 451 g/mol. The van der Waals surface area contributed by atoms with Gasteiger partial charge in [0.1, 0.15) is 18.1 Å². The smallest absolute Gasteiger partial charge is 0.390 e. The fourth-order valence-electron chi connectivity index (χ4n) is 2.15. The zero-order valence-electron chi connectivity index (χ0n) is 13.6. The number of aromatic nitrogens is 2. The molecule has 1 aromatic heterocycles. The van der Waals surface area contributed by atoms with Gasteiger partial charge in [0, 0.05) is 12.6 Å². The van der Waals surface area contributed by atoms with E-state index in [2.05, 4.69) is 18.1 Å². The van der Waals surface area contributed by atoms with Crippen molar-refractivity contribution in [2.45, 2.75) is 24.9 Å². The van der Waals surface area contributed by atoms with E-state index in [4.69, 9.17) is 25.2 Å². The van der Waals surface area contributed by atoms with Crippen LogP contribution in [0.25, 0.3) is 0 Å². The summed E-state index contributed by atoms with van der Waals surface area (Å²) < 4.78 is 51.2. The number of nitrogen functional groups attached to an aromatic ring is 1. The molecule has 1 aromatic rings. The molecule has 0 radical (unpaired) electrons. The van der Waals surface area contributed by atoms with Gasteiger partial charge in [0.15, 0.2) is 0 Å². The quantitative estimate of drug-likeness (QED) is 0.246. The number of nitrogens with two attached hydrogens (primary N) is 1. The molecule has 1 aliphatic heterocycles. The van der Waals surface area contributed by atoms with Crippen LogP contribution in [-0.2, 0) is 31.6 Å².